The maximum Gasteiger partial charge on any atom is 0.318 e. The number of hydrogen-bond acceptors (Lipinski definition) is 6. The summed E-state index contributed by atoms with van der Waals surface area (Å²) in [4.78, 5) is 47.6. The number of nitrogens with zero attached hydrogens (tertiary/aromatic N) is 1. The Balaban J connectivity index is 2.59. The first-order chi connectivity index (χ1) is 12.3. The average Bonchev–Trinajstić information content (AvgIpc) is 2.92. The third-order valence-corrected chi connectivity index (χ3v) is 5.09. The first-order valence-electron chi connectivity index (χ1n) is 8.34. The summed E-state index contributed by atoms with van der Waals surface area (Å²) in [6, 6.07) is 6.76. The van der Waals surface area contributed by atoms with Gasteiger partial charge in [-0.3, -0.25) is 24.5 Å². The van der Waals surface area contributed by atoms with E-state index in [4.69, 9.17) is 4.74 Å². The summed E-state index contributed by atoms with van der Waals surface area (Å²) >= 11 is 0. The molecule has 0 amide bonds. The van der Waals surface area contributed by atoms with Gasteiger partial charge in [0.25, 0.3) is 0 Å². The second-order valence-corrected chi connectivity index (χ2v) is 6.47. The summed E-state index contributed by atoms with van der Waals surface area (Å²) in [5, 5.41) is 21.7. The SMILES string of the molecule is CCOC(=O)CC1CC(C(C)=O)(C(=O)O)C(c2ccccc2)C1[N+](=O)[O-]. The fraction of sp³-hybridized carbons (Fsp3) is 0.500. The Morgan fingerprint density at radius 3 is 2.38 bits per heavy atom. The second-order valence-electron chi connectivity index (χ2n) is 6.47. The van der Waals surface area contributed by atoms with Crippen LogP contribution in [0.1, 0.15) is 38.2 Å². The molecule has 8 nitrogen and oxygen atoms in total. The molecular formula is C18H21NO7. The highest BCUT2D eigenvalue weighted by atomic mass is 16.6. The summed E-state index contributed by atoms with van der Waals surface area (Å²) in [5.41, 5.74) is -1.55. The average molecular weight is 363 g/mol. The van der Waals surface area contributed by atoms with Crippen LogP contribution in [0.2, 0.25) is 0 Å². The Kier molecular flexibility index (Phi) is 5.74. The molecule has 1 saturated carbocycles. The first-order valence-corrected chi connectivity index (χ1v) is 8.34. The van der Waals surface area contributed by atoms with Crippen LogP contribution in [0.15, 0.2) is 30.3 Å². The molecule has 1 fully saturated rings. The lowest BCUT2D eigenvalue weighted by atomic mass is 9.71. The van der Waals surface area contributed by atoms with Crippen molar-refractivity contribution in [2.45, 2.75) is 38.6 Å². The molecule has 4 unspecified atom stereocenters. The third-order valence-electron chi connectivity index (χ3n) is 5.09. The first kappa shape index (κ1) is 19.6. The van der Waals surface area contributed by atoms with Crippen LogP contribution in [0.3, 0.4) is 0 Å². The van der Waals surface area contributed by atoms with E-state index in [2.05, 4.69) is 0 Å². The zero-order chi connectivity index (χ0) is 19.5. The number of hydrogen-bond donors (Lipinski definition) is 1. The van der Waals surface area contributed by atoms with Gasteiger partial charge < -0.3 is 9.84 Å². The smallest absolute Gasteiger partial charge is 0.318 e. The lowest BCUT2D eigenvalue weighted by molar-refractivity contribution is -0.532. The Morgan fingerprint density at radius 2 is 1.92 bits per heavy atom. The quantitative estimate of drug-likeness (QED) is 0.340. The minimum Gasteiger partial charge on any atom is -0.480 e. The molecule has 2 rings (SSSR count). The number of rotatable bonds is 7. The highest BCUT2D eigenvalue weighted by molar-refractivity contribution is 6.03. The lowest BCUT2D eigenvalue weighted by Gasteiger charge is -2.28. The van der Waals surface area contributed by atoms with Gasteiger partial charge in [0.2, 0.25) is 6.04 Å². The molecule has 140 valence electrons. The van der Waals surface area contributed by atoms with E-state index in [0.717, 1.165) is 6.92 Å². The van der Waals surface area contributed by atoms with Gasteiger partial charge in [-0.25, -0.2) is 0 Å². The van der Waals surface area contributed by atoms with Gasteiger partial charge in [-0.15, -0.1) is 0 Å². The van der Waals surface area contributed by atoms with E-state index in [1.807, 2.05) is 0 Å². The topological polar surface area (TPSA) is 124 Å². The van der Waals surface area contributed by atoms with E-state index in [-0.39, 0.29) is 19.4 Å². The molecule has 4 atom stereocenters. The number of nitro groups is 1. The van der Waals surface area contributed by atoms with Crippen molar-refractivity contribution < 1.29 is 29.2 Å². The van der Waals surface area contributed by atoms with Gasteiger partial charge in [0, 0.05) is 10.8 Å². The van der Waals surface area contributed by atoms with Crippen LogP contribution in [0, 0.1) is 21.4 Å². The molecule has 0 aliphatic heterocycles. The predicted molar refractivity (Wildman–Crippen MR) is 90.1 cm³/mol. The minimum absolute atomic E-state index is 0.119. The molecule has 1 aromatic carbocycles. The maximum absolute atomic E-state index is 12.4. The van der Waals surface area contributed by atoms with E-state index in [1.165, 1.54) is 0 Å². The molecule has 0 spiro atoms. The van der Waals surface area contributed by atoms with Crippen molar-refractivity contribution >= 4 is 17.7 Å². The van der Waals surface area contributed by atoms with Crippen molar-refractivity contribution in [2.75, 3.05) is 6.61 Å². The van der Waals surface area contributed by atoms with Crippen LogP contribution in [0.4, 0.5) is 0 Å². The van der Waals surface area contributed by atoms with Crippen molar-refractivity contribution in [3.63, 3.8) is 0 Å². The van der Waals surface area contributed by atoms with Crippen LogP contribution in [-0.2, 0) is 19.1 Å². The van der Waals surface area contributed by atoms with Gasteiger partial charge >= 0.3 is 11.9 Å². The summed E-state index contributed by atoms with van der Waals surface area (Å²) in [6.45, 7) is 2.86. The predicted octanol–water partition coefficient (Wildman–Crippen LogP) is 2.05. The Morgan fingerprint density at radius 1 is 1.31 bits per heavy atom. The highest BCUT2D eigenvalue weighted by Gasteiger charge is 2.66. The van der Waals surface area contributed by atoms with E-state index < -0.39 is 45.9 Å². The Labute approximate surface area is 150 Å². The molecule has 26 heavy (non-hydrogen) atoms. The van der Waals surface area contributed by atoms with Crippen LogP contribution in [0.25, 0.3) is 0 Å². The molecule has 8 heteroatoms. The molecule has 1 aromatic rings. The zero-order valence-electron chi connectivity index (χ0n) is 14.6. The van der Waals surface area contributed by atoms with Crippen LogP contribution >= 0.6 is 0 Å². The van der Waals surface area contributed by atoms with Crippen LogP contribution in [0.5, 0.6) is 0 Å². The van der Waals surface area contributed by atoms with Crippen molar-refractivity contribution in [3.05, 3.63) is 46.0 Å². The zero-order valence-corrected chi connectivity index (χ0v) is 14.6. The Hall–Kier alpha value is -2.77. The number of Topliss-reactive ketones (excluding diaryl/α,β-unsaturated/α-hetero) is 1. The molecule has 1 aliphatic rings. The largest absolute Gasteiger partial charge is 0.480 e. The summed E-state index contributed by atoms with van der Waals surface area (Å²) < 4.78 is 4.87. The number of aliphatic carboxylic acids is 1. The maximum atomic E-state index is 12.4. The summed E-state index contributed by atoms with van der Waals surface area (Å²) in [7, 11) is 0. The molecule has 0 aromatic heterocycles. The number of carbonyl (C=O) groups is 3. The molecular weight excluding hydrogens is 342 g/mol. The van der Waals surface area contributed by atoms with Gasteiger partial charge in [-0.1, -0.05) is 30.3 Å². The lowest BCUT2D eigenvalue weighted by Crippen LogP contribution is -2.43. The number of benzene rings is 1. The van der Waals surface area contributed by atoms with Gasteiger partial charge in [-0.2, -0.15) is 0 Å². The summed E-state index contributed by atoms with van der Waals surface area (Å²) in [6.07, 6.45) is -0.577. The summed E-state index contributed by atoms with van der Waals surface area (Å²) in [5.74, 6) is -4.77. The van der Waals surface area contributed by atoms with Crippen molar-refractivity contribution in [1.82, 2.24) is 0 Å². The minimum atomic E-state index is -1.95. The fourth-order valence-electron chi connectivity index (χ4n) is 4.02. The van der Waals surface area contributed by atoms with Crippen LogP contribution < -0.4 is 0 Å². The standard InChI is InChI=1S/C18H21NO7/c1-3-26-14(21)9-13-10-18(11(2)20,17(22)23)15(16(13)19(24)25)12-7-5-4-6-8-12/h4-8,13,15-16H,3,9-10H2,1-2H3,(H,22,23). The van der Waals surface area contributed by atoms with Gasteiger partial charge in [0.1, 0.15) is 11.2 Å². The molecule has 1 N–H and O–H groups in total. The Bertz CT molecular complexity index is 702. The fourth-order valence-corrected chi connectivity index (χ4v) is 4.02. The van der Waals surface area contributed by atoms with E-state index in [1.54, 1.807) is 37.3 Å². The number of carboxylic acids is 1. The van der Waals surface area contributed by atoms with Crippen molar-refractivity contribution in [2.24, 2.45) is 11.3 Å². The van der Waals surface area contributed by atoms with Crippen LogP contribution in [-0.4, -0.2) is 40.4 Å². The normalized spacial score (nSPS) is 27.7. The molecule has 1 aliphatic carbocycles. The monoisotopic (exact) mass is 363 g/mol. The number of carbonyl (C=O) groups excluding carboxylic acids is 2. The molecule has 0 bridgehead atoms. The molecule has 0 saturated heterocycles. The van der Waals surface area contributed by atoms with Gasteiger partial charge in [0.15, 0.2) is 0 Å². The van der Waals surface area contributed by atoms with E-state index in [9.17, 15) is 29.6 Å². The van der Waals surface area contributed by atoms with Gasteiger partial charge in [0.05, 0.1) is 18.9 Å². The number of ether oxygens (including phenoxy) is 1. The number of carboxylic acid groups (broad SMARTS) is 1. The second kappa shape index (κ2) is 7.63. The highest BCUT2D eigenvalue weighted by Crippen LogP contribution is 2.55. The number of esters is 1. The van der Waals surface area contributed by atoms with E-state index in [0.29, 0.717) is 5.56 Å². The van der Waals surface area contributed by atoms with Gasteiger partial charge in [-0.05, 0) is 25.8 Å². The van der Waals surface area contributed by atoms with Crippen molar-refractivity contribution in [1.29, 1.82) is 0 Å². The number of ketones is 1. The van der Waals surface area contributed by atoms with E-state index >= 15 is 0 Å². The molecule has 0 heterocycles. The van der Waals surface area contributed by atoms with Crippen molar-refractivity contribution in [3.8, 4) is 0 Å². The third kappa shape index (κ3) is 3.31. The molecule has 0 radical (unpaired) electrons.